The summed E-state index contributed by atoms with van der Waals surface area (Å²) in [5.74, 6) is 0.308. The predicted octanol–water partition coefficient (Wildman–Crippen LogP) is 2.53. The van der Waals surface area contributed by atoms with Crippen LogP contribution in [-0.2, 0) is 4.79 Å². The van der Waals surface area contributed by atoms with Crippen molar-refractivity contribution >= 4 is 5.78 Å². The molecule has 0 amide bonds. The summed E-state index contributed by atoms with van der Waals surface area (Å²) in [6.07, 6.45) is 0. The Morgan fingerprint density at radius 3 is 2.87 bits per heavy atom. The summed E-state index contributed by atoms with van der Waals surface area (Å²) in [4.78, 5) is 11.7. The lowest BCUT2D eigenvalue weighted by molar-refractivity contribution is -0.124. The first-order valence-corrected chi connectivity index (χ1v) is 5.04. The quantitative estimate of drug-likeness (QED) is 0.708. The molecule has 0 aliphatic carbocycles. The minimum Gasteiger partial charge on any atom is -0.485 e. The highest BCUT2D eigenvalue weighted by Crippen LogP contribution is 2.36. The third-order valence-corrected chi connectivity index (χ3v) is 2.69. The Morgan fingerprint density at radius 1 is 1.47 bits per heavy atom. The molecule has 0 bridgehead atoms. The molecule has 0 spiro atoms. The summed E-state index contributed by atoms with van der Waals surface area (Å²) in [6.45, 7) is 4.03. The lowest BCUT2D eigenvalue weighted by Gasteiger charge is -2.27. The molecule has 1 aromatic rings. The smallest absolute Gasteiger partial charge is 0.178 e. The summed E-state index contributed by atoms with van der Waals surface area (Å²) >= 11 is 0. The highest BCUT2D eigenvalue weighted by molar-refractivity contribution is 5.89. The SMILES string of the molecule is CC(C)[C@H]1C(=O)COc2cc(F)ccc21. The third kappa shape index (κ3) is 1.74. The fourth-order valence-corrected chi connectivity index (χ4v) is 2.03. The Labute approximate surface area is 88.1 Å². The number of hydrogen-bond acceptors (Lipinski definition) is 2. The van der Waals surface area contributed by atoms with E-state index in [9.17, 15) is 9.18 Å². The summed E-state index contributed by atoms with van der Waals surface area (Å²) in [5.41, 5.74) is 0.808. The summed E-state index contributed by atoms with van der Waals surface area (Å²) in [7, 11) is 0. The fourth-order valence-electron chi connectivity index (χ4n) is 2.03. The van der Waals surface area contributed by atoms with Gasteiger partial charge in [0, 0.05) is 11.6 Å². The van der Waals surface area contributed by atoms with Crippen molar-refractivity contribution < 1.29 is 13.9 Å². The van der Waals surface area contributed by atoms with Crippen LogP contribution < -0.4 is 4.74 Å². The zero-order valence-corrected chi connectivity index (χ0v) is 8.79. The van der Waals surface area contributed by atoms with Gasteiger partial charge in [0.05, 0.1) is 5.92 Å². The van der Waals surface area contributed by atoms with Crippen LogP contribution in [0.15, 0.2) is 18.2 Å². The van der Waals surface area contributed by atoms with Crippen LogP contribution in [0.25, 0.3) is 0 Å². The molecule has 0 saturated carbocycles. The molecule has 1 heterocycles. The van der Waals surface area contributed by atoms with Crippen molar-refractivity contribution in [1.29, 1.82) is 0 Å². The number of carbonyl (C=O) groups is 1. The topological polar surface area (TPSA) is 26.3 Å². The number of ether oxygens (including phenoxy) is 1. The summed E-state index contributed by atoms with van der Waals surface area (Å²) in [6, 6.07) is 4.36. The normalized spacial score (nSPS) is 20.0. The standard InChI is InChI=1S/C12H13FO2/c1-7(2)12-9-4-3-8(13)5-11(9)15-6-10(12)14/h3-5,7,12H,6H2,1-2H3/t12-/m1/s1. The zero-order chi connectivity index (χ0) is 11.0. The molecule has 2 rings (SSSR count). The van der Waals surface area contributed by atoms with Crippen molar-refractivity contribution in [3.05, 3.63) is 29.6 Å². The van der Waals surface area contributed by atoms with Crippen molar-refractivity contribution in [3.8, 4) is 5.75 Å². The molecular formula is C12H13FO2. The van der Waals surface area contributed by atoms with Gasteiger partial charge in [-0.05, 0) is 12.0 Å². The molecule has 0 aromatic heterocycles. The number of halogens is 1. The first-order chi connectivity index (χ1) is 7.09. The van der Waals surface area contributed by atoms with Gasteiger partial charge in [0.1, 0.15) is 18.2 Å². The average molecular weight is 208 g/mol. The maximum absolute atomic E-state index is 13.0. The van der Waals surface area contributed by atoms with Crippen LogP contribution in [0, 0.1) is 11.7 Å². The molecule has 80 valence electrons. The maximum atomic E-state index is 13.0. The molecule has 1 atom stereocenters. The summed E-state index contributed by atoms with van der Waals surface area (Å²) < 4.78 is 18.2. The van der Waals surface area contributed by atoms with E-state index < -0.39 is 0 Å². The van der Waals surface area contributed by atoms with E-state index in [0.29, 0.717) is 5.75 Å². The van der Waals surface area contributed by atoms with E-state index in [0.717, 1.165) is 5.56 Å². The van der Waals surface area contributed by atoms with Gasteiger partial charge in [0.2, 0.25) is 0 Å². The van der Waals surface area contributed by atoms with Gasteiger partial charge in [-0.2, -0.15) is 0 Å². The predicted molar refractivity (Wildman–Crippen MR) is 54.5 cm³/mol. The molecule has 2 nitrogen and oxygen atoms in total. The largest absolute Gasteiger partial charge is 0.485 e. The zero-order valence-electron chi connectivity index (χ0n) is 8.79. The maximum Gasteiger partial charge on any atom is 0.178 e. The number of ketones is 1. The van der Waals surface area contributed by atoms with Gasteiger partial charge in [-0.25, -0.2) is 4.39 Å². The Balaban J connectivity index is 2.48. The van der Waals surface area contributed by atoms with Gasteiger partial charge >= 0.3 is 0 Å². The van der Waals surface area contributed by atoms with E-state index in [1.807, 2.05) is 13.8 Å². The number of benzene rings is 1. The number of Topliss-reactive ketones (excluding diaryl/α,β-unsaturated/α-hetero) is 1. The molecular weight excluding hydrogens is 195 g/mol. The van der Waals surface area contributed by atoms with E-state index >= 15 is 0 Å². The number of hydrogen-bond donors (Lipinski definition) is 0. The molecule has 0 unspecified atom stereocenters. The Hall–Kier alpha value is -1.38. The Kier molecular flexibility index (Phi) is 2.47. The van der Waals surface area contributed by atoms with E-state index in [4.69, 9.17) is 4.74 Å². The Morgan fingerprint density at radius 2 is 2.20 bits per heavy atom. The van der Waals surface area contributed by atoms with Crippen molar-refractivity contribution in [1.82, 2.24) is 0 Å². The second kappa shape index (κ2) is 3.65. The van der Waals surface area contributed by atoms with Gasteiger partial charge < -0.3 is 4.74 Å². The average Bonchev–Trinajstić information content (AvgIpc) is 2.17. The van der Waals surface area contributed by atoms with Crippen LogP contribution in [0.4, 0.5) is 4.39 Å². The fraction of sp³-hybridized carbons (Fsp3) is 0.417. The second-order valence-corrected chi connectivity index (χ2v) is 4.16. The number of carbonyl (C=O) groups excluding carboxylic acids is 1. The van der Waals surface area contributed by atoms with Crippen LogP contribution >= 0.6 is 0 Å². The van der Waals surface area contributed by atoms with Crippen LogP contribution in [0.3, 0.4) is 0 Å². The molecule has 1 aliphatic rings. The molecule has 0 saturated heterocycles. The Bertz CT molecular complexity index is 399. The highest BCUT2D eigenvalue weighted by Gasteiger charge is 2.31. The molecule has 1 aromatic carbocycles. The van der Waals surface area contributed by atoms with Gasteiger partial charge in [-0.15, -0.1) is 0 Å². The van der Waals surface area contributed by atoms with Gasteiger partial charge in [0.25, 0.3) is 0 Å². The third-order valence-electron chi connectivity index (χ3n) is 2.69. The van der Waals surface area contributed by atoms with Crippen molar-refractivity contribution in [2.75, 3.05) is 6.61 Å². The molecule has 15 heavy (non-hydrogen) atoms. The monoisotopic (exact) mass is 208 g/mol. The molecule has 1 aliphatic heterocycles. The lowest BCUT2D eigenvalue weighted by atomic mass is 9.83. The molecule has 0 fully saturated rings. The van der Waals surface area contributed by atoms with E-state index in [2.05, 4.69) is 0 Å². The first-order valence-electron chi connectivity index (χ1n) is 5.04. The van der Waals surface area contributed by atoms with Gasteiger partial charge in [0.15, 0.2) is 5.78 Å². The lowest BCUT2D eigenvalue weighted by Crippen LogP contribution is -2.29. The van der Waals surface area contributed by atoms with Crippen molar-refractivity contribution in [2.24, 2.45) is 5.92 Å². The molecule has 0 N–H and O–H groups in total. The van der Waals surface area contributed by atoms with Gasteiger partial charge in [-0.3, -0.25) is 4.79 Å². The van der Waals surface area contributed by atoms with Crippen LogP contribution in [0.5, 0.6) is 5.75 Å². The van der Waals surface area contributed by atoms with E-state index in [1.54, 1.807) is 6.07 Å². The molecule has 0 radical (unpaired) electrons. The van der Waals surface area contributed by atoms with Crippen molar-refractivity contribution in [2.45, 2.75) is 19.8 Å². The van der Waals surface area contributed by atoms with Crippen LogP contribution in [0.2, 0.25) is 0 Å². The number of fused-ring (bicyclic) bond motifs is 1. The van der Waals surface area contributed by atoms with Crippen LogP contribution in [-0.4, -0.2) is 12.4 Å². The number of rotatable bonds is 1. The molecule has 3 heteroatoms. The minimum absolute atomic E-state index is 0.0549. The van der Waals surface area contributed by atoms with E-state index in [-0.39, 0.29) is 30.0 Å². The van der Waals surface area contributed by atoms with Crippen LogP contribution in [0.1, 0.15) is 25.3 Å². The highest BCUT2D eigenvalue weighted by atomic mass is 19.1. The summed E-state index contributed by atoms with van der Waals surface area (Å²) in [5, 5.41) is 0. The minimum atomic E-state index is -0.328. The van der Waals surface area contributed by atoms with Crippen molar-refractivity contribution in [3.63, 3.8) is 0 Å². The first kappa shape index (κ1) is 10.1. The van der Waals surface area contributed by atoms with E-state index in [1.165, 1.54) is 12.1 Å². The van der Waals surface area contributed by atoms with Gasteiger partial charge in [-0.1, -0.05) is 19.9 Å². The second-order valence-electron chi connectivity index (χ2n) is 4.16.